The summed E-state index contributed by atoms with van der Waals surface area (Å²) in [6.07, 6.45) is -11.0. The van der Waals surface area contributed by atoms with Gasteiger partial charge in [0.25, 0.3) is 5.91 Å². The van der Waals surface area contributed by atoms with E-state index in [9.17, 15) is 27.9 Å². The van der Waals surface area contributed by atoms with E-state index in [-0.39, 0.29) is 5.82 Å². The molecular formula is C17H16F3N3O6. The lowest BCUT2D eigenvalue weighted by molar-refractivity contribution is -0.356. The van der Waals surface area contributed by atoms with Crippen LogP contribution in [0.2, 0.25) is 0 Å². The van der Waals surface area contributed by atoms with E-state index < -0.39 is 49.1 Å². The maximum Gasteiger partial charge on any atom is 0.523 e. The van der Waals surface area contributed by atoms with Crippen molar-refractivity contribution in [3.63, 3.8) is 0 Å². The zero-order chi connectivity index (χ0) is 21.2. The number of hydrogen-bond acceptors (Lipinski definition) is 7. The van der Waals surface area contributed by atoms with Gasteiger partial charge in [-0.2, -0.15) is 4.98 Å². The SMILES string of the molecule is O=C(Nc1ccn([C@@H]2O[C@H](CO)[C@@H](O)[C@H]2OC(F)(F)F)c(=O)n1)c1ccccc1. The summed E-state index contributed by atoms with van der Waals surface area (Å²) >= 11 is 0. The number of nitrogens with one attached hydrogen (secondary N) is 1. The summed E-state index contributed by atoms with van der Waals surface area (Å²) < 4.78 is 47.7. The fourth-order valence-electron chi connectivity index (χ4n) is 2.83. The third-order valence-corrected chi connectivity index (χ3v) is 4.14. The van der Waals surface area contributed by atoms with Gasteiger partial charge in [0, 0.05) is 11.8 Å². The van der Waals surface area contributed by atoms with E-state index in [1.807, 2.05) is 0 Å². The molecule has 156 valence electrons. The molecule has 0 bridgehead atoms. The molecule has 3 N–H and O–H groups in total. The highest BCUT2D eigenvalue weighted by Crippen LogP contribution is 2.35. The second-order valence-corrected chi connectivity index (χ2v) is 6.09. The molecule has 1 aromatic carbocycles. The molecular weight excluding hydrogens is 399 g/mol. The first-order valence-corrected chi connectivity index (χ1v) is 8.34. The molecule has 0 saturated carbocycles. The van der Waals surface area contributed by atoms with E-state index in [1.165, 1.54) is 6.07 Å². The quantitative estimate of drug-likeness (QED) is 0.655. The van der Waals surface area contributed by atoms with E-state index in [4.69, 9.17) is 9.84 Å². The van der Waals surface area contributed by atoms with Gasteiger partial charge in [-0.05, 0) is 18.2 Å². The summed E-state index contributed by atoms with van der Waals surface area (Å²) in [6.45, 7) is -0.789. The van der Waals surface area contributed by atoms with Crippen molar-refractivity contribution in [3.8, 4) is 0 Å². The van der Waals surface area contributed by atoms with Crippen LogP contribution < -0.4 is 11.0 Å². The Balaban J connectivity index is 1.83. The number of carbonyl (C=O) groups excluding carboxylic acids is 1. The number of carbonyl (C=O) groups is 1. The second-order valence-electron chi connectivity index (χ2n) is 6.09. The van der Waals surface area contributed by atoms with Crippen molar-refractivity contribution in [2.45, 2.75) is 30.9 Å². The standard InChI is InChI=1S/C17H16F3N3O6/c18-17(19,20)29-13-12(25)10(8-24)28-15(13)23-7-6-11(22-16(23)27)21-14(26)9-4-2-1-3-5-9/h1-7,10,12-13,15,24-25H,8H2,(H,21,22,26,27)/t10-,12-,13-,15-/m1/s1. The van der Waals surface area contributed by atoms with E-state index in [2.05, 4.69) is 15.0 Å². The van der Waals surface area contributed by atoms with Crippen molar-refractivity contribution in [1.29, 1.82) is 0 Å². The number of aromatic nitrogens is 2. The fraction of sp³-hybridized carbons (Fsp3) is 0.353. The molecule has 0 radical (unpaired) electrons. The fourth-order valence-corrected chi connectivity index (χ4v) is 2.83. The largest absolute Gasteiger partial charge is 0.523 e. The molecule has 2 aromatic rings. The molecule has 29 heavy (non-hydrogen) atoms. The molecule has 12 heteroatoms. The Labute approximate surface area is 161 Å². The molecule has 1 aliphatic heterocycles. The number of hydrogen-bond donors (Lipinski definition) is 3. The molecule has 1 aromatic heterocycles. The average Bonchev–Trinajstić information content (AvgIpc) is 2.97. The van der Waals surface area contributed by atoms with Crippen LogP contribution in [0.3, 0.4) is 0 Å². The predicted octanol–water partition coefficient (Wildman–Crippen LogP) is 0.651. The van der Waals surface area contributed by atoms with Crippen molar-refractivity contribution in [2.24, 2.45) is 0 Å². The molecule has 0 aliphatic carbocycles. The average molecular weight is 415 g/mol. The van der Waals surface area contributed by atoms with E-state index >= 15 is 0 Å². The Morgan fingerprint density at radius 1 is 1.28 bits per heavy atom. The maximum absolute atomic E-state index is 12.7. The van der Waals surface area contributed by atoms with Crippen LogP contribution in [-0.4, -0.2) is 57.0 Å². The predicted molar refractivity (Wildman–Crippen MR) is 90.8 cm³/mol. The maximum atomic E-state index is 12.7. The first-order chi connectivity index (χ1) is 13.7. The van der Waals surface area contributed by atoms with Crippen LogP contribution in [-0.2, 0) is 9.47 Å². The summed E-state index contributed by atoms with van der Waals surface area (Å²) in [4.78, 5) is 28.0. The van der Waals surface area contributed by atoms with Crippen LogP contribution in [0.5, 0.6) is 0 Å². The van der Waals surface area contributed by atoms with Gasteiger partial charge in [-0.25, -0.2) is 4.79 Å². The summed E-state index contributed by atoms with van der Waals surface area (Å²) in [5, 5.41) is 21.5. The molecule has 2 heterocycles. The number of nitrogens with zero attached hydrogens (tertiary/aromatic N) is 2. The number of alkyl halides is 3. The van der Waals surface area contributed by atoms with Crippen molar-refractivity contribution in [3.05, 3.63) is 58.6 Å². The van der Waals surface area contributed by atoms with Gasteiger partial charge >= 0.3 is 12.1 Å². The van der Waals surface area contributed by atoms with Gasteiger partial charge in [0.1, 0.15) is 24.1 Å². The van der Waals surface area contributed by atoms with Crippen LogP contribution in [0, 0.1) is 0 Å². The number of aliphatic hydroxyl groups excluding tert-OH is 2. The van der Waals surface area contributed by atoms with Gasteiger partial charge in [-0.3, -0.25) is 14.1 Å². The number of halogens is 3. The zero-order valence-electron chi connectivity index (χ0n) is 14.6. The lowest BCUT2D eigenvalue weighted by Crippen LogP contribution is -2.41. The topological polar surface area (TPSA) is 123 Å². The Morgan fingerprint density at radius 2 is 1.97 bits per heavy atom. The van der Waals surface area contributed by atoms with Gasteiger partial charge in [0.15, 0.2) is 6.23 Å². The van der Waals surface area contributed by atoms with Gasteiger partial charge in [-0.15, -0.1) is 13.2 Å². The van der Waals surface area contributed by atoms with Gasteiger partial charge in [0.2, 0.25) is 0 Å². The van der Waals surface area contributed by atoms with E-state index in [0.29, 0.717) is 10.1 Å². The minimum Gasteiger partial charge on any atom is -0.394 e. The van der Waals surface area contributed by atoms with Crippen molar-refractivity contribution >= 4 is 11.7 Å². The van der Waals surface area contributed by atoms with Crippen molar-refractivity contribution in [1.82, 2.24) is 9.55 Å². The van der Waals surface area contributed by atoms with Crippen molar-refractivity contribution < 1.29 is 37.7 Å². The number of benzene rings is 1. The highest BCUT2D eigenvalue weighted by Gasteiger charge is 2.50. The van der Waals surface area contributed by atoms with E-state index in [0.717, 1.165) is 6.20 Å². The van der Waals surface area contributed by atoms with Crippen LogP contribution in [0.4, 0.5) is 19.0 Å². The zero-order valence-corrected chi connectivity index (χ0v) is 14.6. The summed E-state index contributed by atoms with van der Waals surface area (Å²) in [6, 6.07) is 9.25. The summed E-state index contributed by atoms with van der Waals surface area (Å²) in [7, 11) is 0. The molecule has 3 rings (SSSR count). The molecule has 1 amide bonds. The van der Waals surface area contributed by atoms with Crippen LogP contribution in [0.25, 0.3) is 0 Å². The van der Waals surface area contributed by atoms with Gasteiger partial charge < -0.3 is 20.3 Å². The summed E-state index contributed by atoms with van der Waals surface area (Å²) in [5.74, 6) is -0.674. The molecule has 4 atom stereocenters. The Bertz CT molecular complexity index is 921. The third-order valence-electron chi connectivity index (χ3n) is 4.14. The molecule has 0 spiro atoms. The number of aliphatic hydroxyl groups is 2. The minimum absolute atomic E-state index is 0.134. The molecule has 9 nitrogen and oxygen atoms in total. The second kappa shape index (κ2) is 8.29. The number of rotatable bonds is 5. The highest BCUT2D eigenvalue weighted by molar-refractivity contribution is 6.03. The molecule has 1 aliphatic rings. The van der Waals surface area contributed by atoms with Crippen LogP contribution >= 0.6 is 0 Å². The van der Waals surface area contributed by atoms with E-state index in [1.54, 1.807) is 30.3 Å². The molecule has 1 saturated heterocycles. The van der Waals surface area contributed by atoms with Crippen molar-refractivity contribution in [2.75, 3.05) is 11.9 Å². The first-order valence-electron chi connectivity index (χ1n) is 8.34. The number of anilines is 1. The summed E-state index contributed by atoms with van der Waals surface area (Å²) in [5.41, 5.74) is -0.743. The number of amides is 1. The van der Waals surface area contributed by atoms with Gasteiger partial charge in [0.05, 0.1) is 6.61 Å². The van der Waals surface area contributed by atoms with Crippen LogP contribution in [0.15, 0.2) is 47.4 Å². The third kappa shape index (κ3) is 4.79. The lowest BCUT2D eigenvalue weighted by Gasteiger charge is -2.23. The van der Waals surface area contributed by atoms with Gasteiger partial charge in [-0.1, -0.05) is 18.2 Å². The Kier molecular flexibility index (Phi) is 5.98. The van der Waals surface area contributed by atoms with Crippen LogP contribution in [0.1, 0.15) is 16.6 Å². The smallest absolute Gasteiger partial charge is 0.394 e. The highest BCUT2D eigenvalue weighted by atomic mass is 19.4. The Hall–Kier alpha value is -2.80. The normalized spacial score (nSPS) is 24.4. The lowest BCUT2D eigenvalue weighted by atomic mass is 10.1. The monoisotopic (exact) mass is 415 g/mol. The molecule has 1 fully saturated rings. The molecule has 0 unspecified atom stereocenters. The first kappa shape index (κ1) is 20.9. The number of ether oxygens (including phenoxy) is 2. The Morgan fingerprint density at radius 3 is 2.55 bits per heavy atom. The minimum atomic E-state index is -5.11.